The Hall–Kier alpha value is -2.01. The Labute approximate surface area is 169 Å². The Morgan fingerprint density at radius 3 is 2.57 bits per heavy atom. The summed E-state index contributed by atoms with van der Waals surface area (Å²) in [4.78, 5) is 17.8. The highest BCUT2D eigenvalue weighted by atomic mass is 32.2. The molecule has 0 bridgehead atoms. The van der Waals surface area contributed by atoms with Crippen molar-refractivity contribution in [3.8, 4) is 5.75 Å². The van der Waals surface area contributed by atoms with E-state index in [2.05, 4.69) is 10.3 Å². The molecule has 0 saturated heterocycles. The second-order valence-corrected chi connectivity index (χ2v) is 10.1. The van der Waals surface area contributed by atoms with Gasteiger partial charge in [-0.3, -0.25) is 10.1 Å². The Bertz CT molecular complexity index is 952. The fourth-order valence-corrected chi connectivity index (χ4v) is 4.96. The van der Waals surface area contributed by atoms with E-state index < -0.39 is 10.2 Å². The summed E-state index contributed by atoms with van der Waals surface area (Å²) in [6.45, 7) is 4.53. The first-order chi connectivity index (χ1) is 13.2. The number of rotatable bonds is 6. The zero-order valence-electron chi connectivity index (χ0n) is 16.3. The Morgan fingerprint density at radius 1 is 1.29 bits per heavy atom. The first kappa shape index (κ1) is 20.7. The highest BCUT2D eigenvalue weighted by Gasteiger charge is 2.30. The monoisotopic (exact) mass is 424 g/mol. The standard InChI is InChI=1S/C18H24N4O4S2/c1-12(2)26-14-7-5-13(6-8-14)17(23)20-18-19-15-9-10-22(11-16(15)27-18)28(24,25)21(3)4/h5-8,12H,9-11H2,1-4H3,(H,19,20,23). The summed E-state index contributed by atoms with van der Waals surface area (Å²) in [5.74, 6) is 0.443. The Morgan fingerprint density at radius 2 is 1.96 bits per heavy atom. The number of carbonyl (C=O) groups excluding carboxylic acids is 1. The van der Waals surface area contributed by atoms with Crippen LogP contribution in [-0.4, -0.2) is 54.7 Å². The predicted octanol–water partition coefficient (Wildman–Crippen LogP) is 2.35. The number of aromatic nitrogens is 1. The highest BCUT2D eigenvalue weighted by Crippen LogP contribution is 2.30. The van der Waals surface area contributed by atoms with Gasteiger partial charge in [0, 0.05) is 37.5 Å². The maximum Gasteiger partial charge on any atom is 0.281 e. The van der Waals surface area contributed by atoms with Crippen LogP contribution in [0.5, 0.6) is 5.75 Å². The van der Waals surface area contributed by atoms with Crippen molar-refractivity contribution in [1.82, 2.24) is 13.6 Å². The summed E-state index contributed by atoms with van der Waals surface area (Å²) in [6.07, 6.45) is 0.591. The van der Waals surface area contributed by atoms with Gasteiger partial charge in [-0.15, -0.1) is 11.3 Å². The number of carbonyl (C=O) groups is 1. The molecule has 2 aromatic rings. The smallest absolute Gasteiger partial charge is 0.281 e. The van der Waals surface area contributed by atoms with Gasteiger partial charge < -0.3 is 4.74 Å². The van der Waals surface area contributed by atoms with E-state index in [4.69, 9.17) is 4.74 Å². The number of amides is 1. The van der Waals surface area contributed by atoms with E-state index in [0.29, 0.717) is 29.4 Å². The molecule has 0 radical (unpaired) electrons. The number of fused-ring (bicyclic) bond motifs is 1. The zero-order chi connectivity index (χ0) is 20.5. The molecule has 28 heavy (non-hydrogen) atoms. The molecule has 1 aliphatic rings. The largest absolute Gasteiger partial charge is 0.491 e. The second-order valence-electron chi connectivity index (χ2n) is 6.91. The normalized spacial score (nSPS) is 14.9. The van der Waals surface area contributed by atoms with Crippen molar-refractivity contribution in [2.75, 3.05) is 26.0 Å². The molecule has 1 aromatic carbocycles. The van der Waals surface area contributed by atoms with Crippen LogP contribution in [0.25, 0.3) is 0 Å². The van der Waals surface area contributed by atoms with Gasteiger partial charge in [0.1, 0.15) is 5.75 Å². The number of ether oxygens (including phenoxy) is 1. The number of anilines is 1. The van der Waals surface area contributed by atoms with Crippen molar-refractivity contribution in [2.24, 2.45) is 0 Å². The first-order valence-corrected chi connectivity index (χ1v) is 11.1. The molecule has 1 aromatic heterocycles. The van der Waals surface area contributed by atoms with Gasteiger partial charge in [0.2, 0.25) is 0 Å². The summed E-state index contributed by atoms with van der Waals surface area (Å²) in [5.41, 5.74) is 1.34. The average molecular weight is 425 g/mol. The molecular weight excluding hydrogens is 400 g/mol. The van der Waals surface area contributed by atoms with Crippen molar-refractivity contribution >= 4 is 32.6 Å². The van der Waals surface area contributed by atoms with Crippen LogP contribution < -0.4 is 10.1 Å². The van der Waals surface area contributed by atoms with Gasteiger partial charge in [-0.2, -0.15) is 17.0 Å². The van der Waals surface area contributed by atoms with E-state index in [9.17, 15) is 13.2 Å². The highest BCUT2D eigenvalue weighted by molar-refractivity contribution is 7.86. The number of nitrogens with zero attached hydrogens (tertiary/aromatic N) is 3. The number of nitrogens with one attached hydrogen (secondary N) is 1. The Kier molecular flexibility index (Phi) is 6.04. The minimum atomic E-state index is -3.47. The molecule has 0 atom stereocenters. The summed E-state index contributed by atoms with van der Waals surface area (Å²) < 4.78 is 32.8. The molecule has 0 fully saturated rings. The van der Waals surface area contributed by atoms with Crippen LogP contribution in [0.2, 0.25) is 0 Å². The molecule has 1 amide bonds. The fourth-order valence-electron chi connectivity index (χ4n) is 2.78. The molecule has 1 N–H and O–H groups in total. The quantitative estimate of drug-likeness (QED) is 0.769. The van der Waals surface area contributed by atoms with Crippen molar-refractivity contribution in [1.29, 1.82) is 0 Å². The third kappa shape index (κ3) is 4.52. The van der Waals surface area contributed by atoms with Gasteiger partial charge >= 0.3 is 0 Å². The molecule has 3 rings (SSSR count). The van der Waals surface area contributed by atoms with Crippen LogP contribution in [0.15, 0.2) is 24.3 Å². The maximum absolute atomic E-state index is 12.5. The Balaban J connectivity index is 1.68. The summed E-state index contributed by atoms with van der Waals surface area (Å²) in [5, 5.41) is 3.27. The van der Waals surface area contributed by atoms with E-state index in [0.717, 1.165) is 10.6 Å². The van der Waals surface area contributed by atoms with Crippen LogP contribution in [0.3, 0.4) is 0 Å². The zero-order valence-corrected chi connectivity index (χ0v) is 17.9. The van der Waals surface area contributed by atoms with Crippen molar-refractivity contribution in [3.05, 3.63) is 40.4 Å². The molecule has 8 nitrogen and oxygen atoms in total. The van der Waals surface area contributed by atoms with Crippen LogP contribution in [0.4, 0.5) is 5.13 Å². The third-order valence-electron chi connectivity index (χ3n) is 4.19. The number of hydrogen-bond acceptors (Lipinski definition) is 6. The van der Waals surface area contributed by atoms with Crippen LogP contribution in [-0.2, 0) is 23.2 Å². The average Bonchev–Trinajstić information content (AvgIpc) is 3.02. The lowest BCUT2D eigenvalue weighted by molar-refractivity contribution is 0.102. The van der Waals surface area contributed by atoms with E-state index in [1.165, 1.54) is 34.0 Å². The molecule has 0 saturated carbocycles. The number of benzene rings is 1. The van der Waals surface area contributed by atoms with Gasteiger partial charge in [-0.05, 0) is 38.1 Å². The van der Waals surface area contributed by atoms with Crippen molar-refractivity contribution in [2.45, 2.75) is 32.9 Å². The summed E-state index contributed by atoms with van der Waals surface area (Å²) in [6, 6.07) is 6.91. The molecule has 0 aliphatic carbocycles. The van der Waals surface area contributed by atoms with Gasteiger partial charge in [-0.1, -0.05) is 0 Å². The predicted molar refractivity (Wildman–Crippen MR) is 109 cm³/mol. The maximum atomic E-state index is 12.5. The first-order valence-electron chi connectivity index (χ1n) is 8.91. The molecule has 0 spiro atoms. The molecular formula is C18H24N4O4S2. The van der Waals surface area contributed by atoms with Gasteiger partial charge in [0.05, 0.1) is 18.3 Å². The fraction of sp³-hybridized carbons (Fsp3) is 0.444. The van der Waals surface area contributed by atoms with Gasteiger partial charge in [-0.25, -0.2) is 4.98 Å². The second kappa shape index (κ2) is 8.16. The minimum Gasteiger partial charge on any atom is -0.491 e. The van der Waals surface area contributed by atoms with Crippen LogP contribution in [0, 0.1) is 0 Å². The number of hydrogen-bond donors (Lipinski definition) is 1. The molecule has 0 unspecified atom stereocenters. The third-order valence-corrected chi connectivity index (χ3v) is 7.08. The topological polar surface area (TPSA) is 91.8 Å². The van der Waals surface area contributed by atoms with E-state index in [1.807, 2.05) is 13.8 Å². The van der Waals surface area contributed by atoms with Crippen LogP contribution >= 0.6 is 11.3 Å². The molecule has 152 valence electrons. The summed E-state index contributed by atoms with van der Waals surface area (Å²) in [7, 11) is -0.437. The van der Waals surface area contributed by atoms with E-state index in [1.54, 1.807) is 24.3 Å². The van der Waals surface area contributed by atoms with Crippen molar-refractivity contribution < 1.29 is 17.9 Å². The molecule has 10 heteroatoms. The molecule has 2 heterocycles. The lowest BCUT2D eigenvalue weighted by atomic mass is 10.2. The van der Waals surface area contributed by atoms with Gasteiger partial charge in [0.25, 0.3) is 16.1 Å². The SMILES string of the molecule is CC(C)Oc1ccc(C(=O)Nc2nc3c(s2)CN(S(=O)(=O)N(C)C)CC3)cc1. The summed E-state index contributed by atoms with van der Waals surface area (Å²) >= 11 is 1.31. The number of thiazole rings is 1. The minimum absolute atomic E-state index is 0.0668. The lowest BCUT2D eigenvalue weighted by Crippen LogP contribution is -2.42. The van der Waals surface area contributed by atoms with E-state index >= 15 is 0 Å². The van der Waals surface area contributed by atoms with E-state index in [-0.39, 0.29) is 18.6 Å². The molecule has 1 aliphatic heterocycles. The lowest BCUT2D eigenvalue weighted by Gasteiger charge is -2.27. The van der Waals surface area contributed by atoms with Crippen LogP contribution in [0.1, 0.15) is 34.8 Å². The van der Waals surface area contributed by atoms with Crippen molar-refractivity contribution in [3.63, 3.8) is 0 Å². The van der Waals surface area contributed by atoms with Gasteiger partial charge in [0.15, 0.2) is 5.13 Å².